The molecule has 0 atom stereocenters. The Kier molecular flexibility index (Phi) is 3.68. The highest BCUT2D eigenvalue weighted by Gasteiger charge is 2.18. The number of nitrogens with one attached hydrogen (secondary N) is 1. The van der Waals surface area contributed by atoms with E-state index in [1.165, 1.54) is 5.56 Å². The maximum atomic E-state index is 11.8. The predicted molar refractivity (Wildman–Crippen MR) is 64.0 cm³/mol. The van der Waals surface area contributed by atoms with Crippen molar-refractivity contribution in [2.24, 2.45) is 0 Å². The second-order valence-electron chi connectivity index (χ2n) is 5.20. The molecule has 0 spiro atoms. The van der Waals surface area contributed by atoms with Gasteiger partial charge >= 0.3 is 0 Å². The van der Waals surface area contributed by atoms with E-state index in [9.17, 15) is 4.79 Å². The number of aromatic nitrogens is 1. The van der Waals surface area contributed by atoms with Crippen molar-refractivity contribution < 1.29 is 9.36 Å². The number of nitrogens with zero attached hydrogens (tertiary/aromatic N) is 1. The first-order chi connectivity index (χ1) is 7.29. The SMILES string of the molecule is Cc1ccc[n+](CC(=O)NC(C)(C)C)c1C. The number of carbonyl (C=O) groups is 1. The Morgan fingerprint density at radius 1 is 1.38 bits per heavy atom. The average Bonchev–Trinajstić information content (AvgIpc) is 2.09. The van der Waals surface area contributed by atoms with Crippen molar-refractivity contribution in [3.63, 3.8) is 0 Å². The van der Waals surface area contributed by atoms with Crippen molar-refractivity contribution in [2.75, 3.05) is 0 Å². The van der Waals surface area contributed by atoms with E-state index in [1.807, 2.05) is 57.5 Å². The van der Waals surface area contributed by atoms with E-state index in [0.717, 1.165) is 5.69 Å². The summed E-state index contributed by atoms with van der Waals surface area (Å²) in [6, 6.07) is 4.01. The zero-order valence-electron chi connectivity index (χ0n) is 10.8. The van der Waals surface area contributed by atoms with E-state index >= 15 is 0 Å². The molecule has 1 aromatic rings. The van der Waals surface area contributed by atoms with Crippen LogP contribution in [0.15, 0.2) is 18.3 Å². The summed E-state index contributed by atoms with van der Waals surface area (Å²) in [5, 5.41) is 2.95. The van der Waals surface area contributed by atoms with Crippen molar-refractivity contribution in [3.8, 4) is 0 Å². The van der Waals surface area contributed by atoms with Crippen LogP contribution in [0.2, 0.25) is 0 Å². The van der Waals surface area contributed by atoms with Gasteiger partial charge in [-0.15, -0.1) is 0 Å². The van der Waals surface area contributed by atoms with Gasteiger partial charge in [0.25, 0.3) is 5.91 Å². The minimum Gasteiger partial charge on any atom is -0.346 e. The summed E-state index contributed by atoms with van der Waals surface area (Å²) in [7, 11) is 0. The highest BCUT2D eigenvalue weighted by Crippen LogP contribution is 2.00. The molecule has 88 valence electrons. The molecule has 1 heterocycles. The Bertz CT molecular complexity index is 391. The summed E-state index contributed by atoms with van der Waals surface area (Å²) in [5.74, 6) is 0.0474. The number of carbonyl (C=O) groups excluding carboxylic acids is 1. The minimum atomic E-state index is -0.171. The minimum absolute atomic E-state index is 0.0474. The fourth-order valence-corrected chi connectivity index (χ4v) is 1.53. The molecule has 16 heavy (non-hydrogen) atoms. The van der Waals surface area contributed by atoms with Crippen LogP contribution in [0.5, 0.6) is 0 Å². The first kappa shape index (κ1) is 12.7. The smallest absolute Gasteiger partial charge is 0.286 e. The Hall–Kier alpha value is -1.38. The highest BCUT2D eigenvalue weighted by atomic mass is 16.2. The lowest BCUT2D eigenvalue weighted by molar-refractivity contribution is -0.690. The van der Waals surface area contributed by atoms with Crippen LogP contribution in [-0.4, -0.2) is 11.4 Å². The summed E-state index contributed by atoms with van der Waals surface area (Å²) in [6.07, 6.45) is 1.94. The molecule has 0 bridgehead atoms. The third-order valence-electron chi connectivity index (χ3n) is 2.44. The zero-order chi connectivity index (χ0) is 12.3. The van der Waals surface area contributed by atoms with Gasteiger partial charge in [0.15, 0.2) is 11.9 Å². The molecule has 3 heteroatoms. The number of aryl methyl sites for hydroxylation is 1. The van der Waals surface area contributed by atoms with Crippen molar-refractivity contribution >= 4 is 5.91 Å². The van der Waals surface area contributed by atoms with Gasteiger partial charge in [0.2, 0.25) is 6.54 Å². The van der Waals surface area contributed by atoms with Gasteiger partial charge in [-0.3, -0.25) is 4.79 Å². The van der Waals surface area contributed by atoms with Crippen LogP contribution in [0.25, 0.3) is 0 Å². The van der Waals surface area contributed by atoms with E-state index in [2.05, 4.69) is 5.32 Å². The molecule has 0 aromatic carbocycles. The Labute approximate surface area is 97.5 Å². The number of amides is 1. The summed E-state index contributed by atoms with van der Waals surface area (Å²) in [4.78, 5) is 11.8. The second-order valence-corrected chi connectivity index (χ2v) is 5.20. The number of hydrogen-bond acceptors (Lipinski definition) is 1. The van der Waals surface area contributed by atoms with Gasteiger partial charge in [0.1, 0.15) is 0 Å². The van der Waals surface area contributed by atoms with Gasteiger partial charge < -0.3 is 5.32 Å². The van der Waals surface area contributed by atoms with Gasteiger partial charge in [-0.25, -0.2) is 0 Å². The molecule has 1 aromatic heterocycles. The first-order valence-corrected chi connectivity index (χ1v) is 5.56. The number of pyridine rings is 1. The number of rotatable bonds is 2. The third kappa shape index (κ3) is 3.65. The lowest BCUT2D eigenvalue weighted by atomic mass is 10.1. The summed E-state index contributed by atoms with van der Waals surface area (Å²) < 4.78 is 1.97. The molecule has 0 aliphatic heterocycles. The van der Waals surface area contributed by atoms with Crippen LogP contribution >= 0.6 is 0 Å². The van der Waals surface area contributed by atoms with Crippen LogP contribution in [0.4, 0.5) is 0 Å². The van der Waals surface area contributed by atoms with Gasteiger partial charge in [-0.1, -0.05) is 0 Å². The summed E-state index contributed by atoms with van der Waals surface area (Å²) in [6.45, 7) is 10.4. The van der Waals surface area contributed by atoms with E-state index in [1.54, 1.807) is 0 Å². The molecule has 0 aliphatic carbocycles. The molecule has 0 aliphatic rings. The standard InChI is InChI=1S/C13H20N2O/c1-10-7-6-8-15(11(10)2)9-12(16)14-13(3,4)5/h6-8H,9H2,1-5H3/p+1. The highest BCUT2D eigenvalue weighted by molar-refractivity contribution is 5.75. The van der Waals surface area contributed by atoms with E-state index in [4.69, 9.17) is 0 Å². The molecule has 0 fully saturated rings. The van der Waals surface area contributed by atoms with Crippen LogP contribution in [0.1, 0.15) is 32.0 Å². The molecular weight excluding hydrogens is 200 g/mol. The fourth-order valence-electron chi connectivity index (χ4n) is 1.53. The van der Waals surface area contributed by atoms with E-state index < -0.39 is 0 Å². The molecule has 1 rings (SSSR count). The predicted octanol–water partition coefficient (Wildman–Crippen LogP) is 1.51. The topological polar surface area (TPSA) is 33.0 Å². The molecule has 1 amide bonds. The first-order valence-electron chi connectivity index (χ1n) is 5.56. The van der Waals surface area contributed by atoms with Gasteiger partial charge in [0.05, 0.1) is 0 Å². The maximum absolute atomic E-state index is 11.8. The second kappa shape index (κ2) is 4.64. The van der Waals surface area contributed by atoms with E-state index in [0.29, 0.717) is 6.54 Å². The van der Waals surface area contributed by atoms with Gasteiger partial charge in [-0.2, -0.15) is 4.57 Å². The summed E-state index contributed by atoms with van der Waals surface area (Å²) >= 11 is 0. The molecular formula is C13H21N2O+. The molecule has 0 saturated heterocycles. The number of hydrogen-bond donors (Lipinski definition) is 1. The van der Waals surface area contributed by atoms with Crippen molar-refractivity contribution in [2.45, 2.75) is 46.7 Å². The van der Waals surface area contributed by atoms with Crippen molar-refractivity contribution in [1.82, 2.24) is 5.32 Å². The van der Waals surface area contributed by atoms with Crippen molar-refractivity contribution in [3.05, 3.63) is 29.6 Å². The molecule has 3 nitrogen and oxygen atoms in total. The lowest BCUT2D eigenvalue weighted by Crippen LogP contribution is -2.50. The maximum Gasteiger partial charge on any atom is 0.286 e. The van der Waals surface area contributed by atoms with Crippen LogP contribution in [0, 0.1) is 13.8 Å². The fraction of sp³-hybridized carbons (Fsp3) is 0.538. The van der Waals surface area contributed by atoms with Gasteiger partial charge in [0, 0.05) is 24.1 Å². The van der Waals surface area contributed by atoms with Crippen LogP contribution in [0.3, 0.4) is 0 Å². The van der Waals surface area contributed by atoms with Crippen LogP contribution in [-0.2, 0) is 11.3 Å². The summed E-state index contributed by atoms with van der Waals surface area (Å²) in [5.41, 5.74) is 2.16. The monoisotopic (exact) mass is 221 g/mol. The zero-order valence-corrected chi connectivity index (χ0v) is 10.8. The molecule has 1 N–H and O–H groups in total. The average molecular weight is 221 g/mol. The Morgan fingerprint density at radius 3 is 2.56 bits per heavy atom. The Morgan fingerprint density at radius 2 is 2.00 bits per heavy atom. The van der Waals surface area contributed by atoms with E-state index in [-0.39, 0.29) is 11.4 Å². The molecule has 0 unspecified atom stereocenters. The lowest BCUT2D eigenvalue weighted by Gasteiger charge is -2.19. The molecule has 0 saturated carbocycles. The Balaban J connectivity index is 2.74. The molecule has 0 radical (unpaired) electrons. The normalized spacial score (nSPS) is 11.3. The van der Waals surface area contributed by atoms with Crippen LogP contribution < -0.4 is 9.88 Å². The quantitative estimate of drug-likeness (QED) is 0.754. The van der Waals surface area contributed by atoms with Gasteiger partial charge in [-0.05, 0) is 33.8 Å². The third-order valence-corrected chi connectivity index (χ3v) is 2.44. The largest absolute Gasteiger partial charge is 0.346 e. The van der Waals surface area contributed by atoms with Crippen molar-refractivity contribution in [1.29, 1.82) is 0 Å².